The van der Waals surface area contributed by atoms with Crippen molar-refractivity contribution in [3.8, 4) is 5.75 Å². The number of hydrogen-bond donors (Lipinski definition) is 2. The van der Waals surface area contributed by atoms with Gasteiger partial charge in [0.1, 0.15) is 11.6 Å². The van der Waals surface area contributed by atoms with E-state index in [1.165, 1.54) is 11.8 Å². The Hall–Kier alpha value is -3.06. The Balaban J connectivity index is 1.64. The van der Waals surface area contributed by atoms with Crippen molar-refractivity contribution in [1.82, 2.24) is 9.97 Å². The molecule has 1 aliphatic heterocycles. The van der Waals surface area contributed by atoms with Crippen LogP contribution >= 0.6 is 11.8 Å². The fourth-order valence-corrected chi connectivity index (χ4v) is 4.45. The van der Waals surface area contributed by atoms with Gasteiger partial charge in [-0.15, -0.1) is 0 Å². The van der Waals surface area contributed by atoms with E-state index < -0.39 is 5.92 Å². The number of H-pyrrole nitrogens is 1. The number of hydrogen-bond acceptors (Lipinski definition) is 5. The highest BCUT2D eigenvalue weighted by Crippen LogP contribution is 2.38. The van der Waals surface area contributed by atoms with Crippen molar-refractivity contribution in [1.29, 1.82) is 0 Å². The molecular formula is C24H25N3O3S. The molecule has 3 aromatic rings. The Kier molecular flexibility index (Phi) is 6.72. The van der Waals surface area contributed by atoms with E-state index in [0.29, 0.717) is 34.6 Å². The van der Waals surface area contributed by atoms with Crippen LogP contribution in [0.4, 0.5) is 5.82 Å². The maximum absolute atomic E-state index is 13.1. The number of amides is 1. The van der Waals surface area contributed by atoms with Crippen molar-refractivity contribution in [3.63, 3.8) is 0 Å². The first-order valence-corrected chi connectivity index (χ1v) is 11.5. The largest absolute Gasteiger partial charge is 0.493 e. The molecule has 7 heteroatoms. The minimum Gasteiger partial charge on any atom is -0.493 e. The fourth-order valence-electron chi connectivity index (χ4n) is 3.64. The lowest BCUT2D eigenvalue weighted by molar-refractivity contribution is -0.116. The summed E-state index contributed by atoms with van der Waals surface area (Å²) in [5.41, 5.74) is 2.23. The Bertz CT molecular complexity index is 1110. The quantitative estimate of drug-likeness (QED) is 0.304. The number of rotatable bonds is 8. The summed E-state index contributed by atoms with van der Waals surface area (Å²) in [6.07, 6.45) is 2.16. The van der Waals surface area contributed by atoms with Crippen LogP contribution in [0, 0.1) is 0 Å². The molecule has 160 valence electrons. The molecule has 0 radical (unpaired) electrons. The summed E-state index contributed by atoms with van der Waals surface area (Å²) in [5.74, 6) is 1.17. The molecule has 4 rings (SSSR count). The summed E-state index contributed by atoms with van der Waals surface area (Å²) in [6.45, 7) is 2.71. The number of aromatic nitrogens is 2. The van der Waals surface area contributed by atoms with E-state index in [2.05, 4.69) is 22.2 Å². The van der Waals surface area contributed by atoms with Gasteiger partial charge < -0.3 is 15.0 Å². The van der Waals surface area contributed by atoms with Gasteiger partial charge >= 0.3 is 0 Å². The smallest absolute Gasteiger partial charge is 0.257 e. The zero-order valence-electron chi connectivity index (χ0n) is 17.4. The van der Waals surface area contributed by atoms with Crippen molar-refractivity contribution in [2.75, 3.05) is 11.9 Å². The van der Waals surface area contributed by atoms with E-state index in [9.17, 15) is 9.59 Å². The van der Waals surface area contributed by atoms with E-state index in [1.54, 1.807) is 0 Å². The van der Waals surface area contributed by atoms with Crippen molar-refractivity contribution < 1.29 is 9.53 Å². The topological polar surface area (TPSA) is 84.1 Å². The number of anilines is 1. The maximum Gasteiger partial charge on any atom is 0.257 e. The molecule has 0 aliphatic carbocycles. The number of ether oxygens (including phenoxy) is 1. The molecule has 1 aromatic heterocycles. The highest BCUT2D eigenvalue weighted by molar-refractivity contribution is 7.98. The predicted octanol–water partition coefficient (Wildman–Crippen LogP) is 4.72. The third kappa shape index (κ3) is 4.99. The number of unbranched alkanes of at least 4 members (excludes halogenated alkanes) is 1. The van der Waals surface area contributed by atoms with Gasteiger partial charge in [0.15, 0.2) is 5.16 Å². The van der Waals surface area contributed by atoms with E-state index in [-0.39, 0.29) is 17.9 Å². The van der Waals surface area contributed by atoms with E-state index in [4.69, 9.17) is 4.74 Å². The van der Waals surface area contributed by atoms with E-state index in [0.717, 1.165) is 24.0 Å². The van der Waals surface area contributed by atoms with E-state index in [1.807, 2.05) is 54.6 Å². The van der Waals surface area contributed by atoms with Crippen LogP contribution in [0.1, 0.15) is 48.8 Å². The first kappa shape index (κ1) is 21.2. The summed E-state index contributed by atoms with van der Waals surface area (Å²) in [6, 6.07) is 17.6. The second-order valence-corrected chi connectivity index (χ2v) is 8.42. The first-order chi connectivity index (χ1) is 15.2. The molecule has 6 nitrogen and oxygen atoms in total. The molecule has 0 unspecified atom stereocenters. The fraction of sp³-hybridized carbons (Fsp3) is 0.292. The summed E-state index contributed by atoms with van der Waals surface area (Å²) in [4.78, 5) is 33.0. The van der Waals surface area contributed by atoms with Crippen molar-refractivity contribution in [2.24, 2.45) is 0 Å². The molecular weight excluding hydrogens is 410 g/mol. The number of aromatic amines is 1. The number of nitrogens with zero attached hydrogens (tertiary/aromatic N) is 1. The lowest BCUT2D eigenvalue weighted by Crippen LogP contribution is -2.31. The summed E-state index contributed by atoms with van der Waals surface area (Å²) in [7, 11) is 0. The van der Waals surface area contributed by atoms with Crippen LogP contribution < -0.4 is 15.6 Å². The molecule has 0 bridgehead atoms. The summed E-state index contributed by atoms with van der Waals surface area (Å²) >= 11 is 1.43. The number of thioether (sulfide) groups is 1. The highest BCUT2D eigenvalue weighted by Gasteiger charge is 2.32. The Morgan fingerprint density at radius 3 is 2.68 bits per heavy atom. The molecule has 0 saturated heterocycles. The zero-order chi connectivity index (χ0) is 21.6. The molecule has 0 fully saturated rings. The zero-order valence-corrected chi connectivity index (χ0v) is 18.2. The minimum absolute atomic E-state index is 0.155. The van der Waals surface area contributed by atoms with Gasteiger partial charge in [-0.05, 0) is 18.1 Å². The minimum atomic E-state index is -0.397. The van der Waals surface area contributed by atoms with Crippen molar-refractivity contribution in [3.05, 3.63) is 81.6 Å². The SMILES string of the molecule is CCCCOc1ccccc1[C@H]1CC(=O)Nc2nc(SCc3ccccc3)[nH]c(=O)c21. The van der Waals surface area contributed by atoms with Crippen LogP contribution in [0.15, 0.2) is 64.5 Å². The standard InChI is InChI=1S/C24H25N3O3S/c1-2-3-13-30-19-12-8-7-11-17(19)18-14-20(28)25-22-21(18)23(29)27-24(26-22)31-15-16-9-5-4-6-10-16/h4-12,18H,2-3,13-15H2,1H3,(H2,25,26,27,28,29)/t18-/m1/s1. The molecule has 2 aromatic carbocycles. The van der Waals surface area contributed by atoms with Crippen LogP contribution in [0.3, 0.4) is 0 Å². The molecule has 31 heavy (non-hydrogen) atoms. The summed E-state index contributed by atoms with van der Waals surface area (Å²) in [5, 5.41) is 3.27. The highest BCUT2D eigenvalue weighted by atomic mass is 32.2. The predicted molar refractivity (Wildman–Crippen MR) is 123 cm³/mol. The molecule has 2 N–H and O–H groups in total. The van der Waals surface area contributed by atoms with Gasteiger partial charge in [0.05, 0.1) is 12.2 Å². The third-order valence-electron chi connectivity index (χ3n) is 5.20. The van der Waals surface area contributed by atoms with Gasteiger partial charge in [0.2, 0.25) is 5.91 Å². The molecule has 1 atom stereocenters. The molecule has 1 amide bonds. The first-order valence-electron chi connectivity index (χ1n) is 10.5. The number of carbonyl (C=O) groups excluding carboxylic acids is 1. The van der Waals surface area contributed by atoms with Gasteiger partial charge in [-0.3, -0.25) is 9.59 Å². The Morgan fingerprint density at radius 2 is 1.87 bits per heavy atom. The van der Waals surface area contributed by atoms with Gasteiger partial charge in [-0.25, -0.2) is 4.98 Å². The monoisotopic (exact) mass is 435 g/mol. The average molecular weight is 436 g/mol. The van der Waals surface area contributed by atoms with Gasteiger partial charge in [0.25, 0.3) is 5.56 Å². The lowest BCUT2D eigenvalue weighted by atomic mass is 9.86. The molecule has 1 aliphatic rings. The number of para-hydroxylation sites is 1. The van der Waals surface area contributed by atoms with Crippen LogP contribution in [0.5, 0.6) is 5.75 Å². The number of benzene rings is 2. The molecule has 2 heterocycles. The van der Waals surface area contributed by atoms with Gasteiger partial charge in [-0.1, -0.05) is 73.6 Å². The number of carbonyl (C=O) groups is 1. The van der Waals surface area contributed by atoms with Crippen molar-refractivity contribution >= 4 is 23.5 Å². The summed E-state index contributed by atoms with van der Waals surface area (Å²) < 4.78 is 5.96. The van der Waals surface area contributed by atoms with Gasteiger partial charge in [-0.2, -0.15) is 0 Å². The second kappa shape index (κ2) is 9.83. The van der Waals surface area contributed by atoms with Crippen LogP contribution in [0.25, 0.3) is 0 Å². The second-order valence-electron chi connectivity index (χ2n) is 7.45. The van der Waals surface area contributed by atoms with E-state index >= 15 is 0 Å². The van der Waals surface area contributed by atoms with Crippen LogP contribution in [0.2, 0.25) is 0 Å². The lowest BCUT2D eigenvalue weighted by Gasteiger charge is -2.26. The third-order valence-corrected chi connectivity index (χ3v) is 6.14. The molecule has 0 saturated carbocycles. The number of fused-ring (bicyclic) bond motifs is 1. The van der Waals surface area contributed by atoms with Crippen LogP contribution in [-0.2, 0) is 10.5 Å². The average Bonchev–Trinajstić information content (AvgIpc) is 2.78. The maximum atomic E-state index is 13.1. The van der Waals surface area contributed by atoms with Crippen LogP contribution in [-0.4, -0.2) is 22.5 Å². The Morgan fingerprint density at radius 1 is 1.10 bits per heavy atom. The van der Waals surface area contributed by atoms with Gasteiger partial charge in [0, 0.05) is 23.7 Å². The number of nitrogens with one attached hydrogen (secondary N) is 2. The normalized spacial score (nSPS) is 15.3. The van der Waals surface area contributed by atoms with Crippen molar-refractivity contribution in [2.45, 2.75) is 43.0 Å². The Labute approximate surface area is 185 Å². The molecule has 0 spiro atoms.